The highest BCUT2D eigenvalue weighted by Gasteiger charge is 2.34. The van der Waals surface area contributed by atoms with Crippen molar-refractivity contribution in [2.24, 2.45) is 5.92 Å². The largest absolute Gasteiger partial charge is 0.355 e. The van der Waals surface area contributed by atoms with Gasteiger partial charge in [-0.2, -0.15) is 0 Å². The minimum Gasteiger partial charge on any atom is -0.355 e. The minimum atomic E-state index is -3.08. The van der Waals surface area contributed by atoms with Gasteiger partial charge >= 0.3 is 0 Å². The number of aromatic nitrogens is 2. The molecular formula is C14H18N4O3S. The number of nitrogens with one attached hydrogen (secondary N) is 2. The maximum Gasteiger partial charge on any atom is 0.260 e. The highest BCUT2D eigenvalue weighted by molar-refractivity contribution is 7.89. The summed E-state index contributed by atoms with van der Waals surface area (Å²) < 4.78 is 24.8. The topological polar surface area (TPSA) is 95.2 Å². The van der Waals surface area contributed by atoms with Gasteiger partial charge in [-0.15, -0.1) is 0 Å². The van der Waals surface area contributed by atoms with Crippen LogP contribution in [0.3, 0.4) is 0 Å². The van der Waals surface area contributed by atoms with Gasteiger partial charge in [-0.05, 0) is 19.1 Å². The first-order valence-corrected chi connectivity index (χ1v) is 8.81. The second kappa shape index (κ2) is 5.69. The van der Waals surface area contributed by atoms with Crippen molar-refractivity contribution in [3.05, 3.63) is 34.6 Å². The quantitative estimate of drug-likeness (QED) is 0.841. The van der Waals surface area contributed by atoms with Crippen LogP contribution in [0.25, 0.3) is 10.9 Å². The molecule has 7 nitrogen and oxygen atoms in total. The summed E-state index contributed by atoms with van der Waals surface area (Å²) in [6.45, 7) is 3.25. The molecular weight excluding hydrogens is 304 g/mol. The van der Waals surface area contributed by atoms with Gasteiger partial charge in [-0.1, -0.05) is 12.1 Å². The van der Waals surface area contributed by atoms with Crippen molar-refractivity contribution in [3.8, 4) is 0 Å². The first kappa shape index (κ1) is 15.0. The maximum absolute atomic E-state index is 11.9. The summed E-state index contributed by atoms with van der Waals surface area (Å²) in [6, 6.07) is 7.14. The number of benzene rings is 1. The van der Waals surface area contributed by atoms with E-state index in [4.69, 9.17) is 0 Å². The van der Waals surface area contributed by atoms with Crippen LogP contribution in [0, 0.1) is 5.92 Å². The lowest BCUT2D eigenvalue weighted by Crippen LogP contribution is -2.52. The van der Waals surface area contributed by atoms with E-state index in [9.17, 15) is 13.2 Å². The van der Waals surface area contributed by atoms with E-state index in [1.54, 1.807) is 25.1 Å². The highest BCUT2D eigenvalue weighted by atomic mass is 32.2. The lowest BCUT2D eigenvalue weighted by atomic mass is 10.0. The van der Waals surface area contributed by atoms with Crippen LogP contribution in [0.5, 0.6) is 0 Å². The first-order chi connectivity index (χ1) is 10.5. The molecule has 1 aliphatic heterocycles. The molecule has 2 aromatic rings. The van der Waals surface area contributed by atoms with Crippen molar-refractivity contribution < 1.29 is 8.42 Å². The molecule has 2 heterocycles. The van der Waals surface area contributed by atoms with E-state index in [0.717, 1.165) is 0 Å². The molecule has 0 atom stereocenters. The number of nitrogens with zero attached hydrogens (tertiary/aromatic N) is 2. The van der Waals surface area contributed by atoms with Crippen molar-refractivity contribution in [2.75, 3.05) is 30.7 Å². The summed E-state index contributed by atoms with van der Waals surface area (Å²) in [5, 5.41) is 3.63. The van der Waals surface area contributed by atoms with Gasteiger partial charge in [0, 0.05) is 25.6 Å². The SMILES string of the molecule is CCS(=O)(=O)N1CC(CNc2nc3ccccc3c(=O)[nH]2)C1. The lowest BCUT2D eigenvalue weighted by Gasteiger charge is -2.37. The molecule has 2 N–H and O–H groups in total. The average molecular weight is 322 g/mol. The number of hydrogen-bond donors (Lipinski definition) is 2. The molecule has 0 saturated carbocycles. The molecule has 0 unspecified atom stereocenters. The molecule has 0 amide bonds. The fourth-order valence-corrected chi connectivity index (χ4v) is 3.71. The number of H-pyrrole nitrogens is 1. The Kier molecular flexibility index (Phi) is 3.88. The zero-order chi connectivity index (χ0) is 15.7. The normalized spacial score (nSPS) is 16.6. The van der Waals surface area contributed by atoms with E-state index in [2.05, 4.69) is 15.3 Å². The first-order valence-electron chi connectivity index (χ1n) is 7.20. The van der Waals surface area contributed by atoms with Crippen LogP contribution >= 0.6 is 0 Å². The molecule has 1 fully saturated rings. The third-order valence-corrected chi connectivity index (χ3v) is 5.67. The molecule has 1 aliphatic rings. The summed E-state index contributed by atoms with van der Waals surface area (Å²) in [6.07, 6.45) is 0. The fourth-order valence-electron chi connectivity index (χ4n) is 2.47. The van der Waals surface area contributed by atoms with Crippen LogP contribution in [0.2, 0.25) is 0 Å². The van der Waals surface area contributed by atoms with Gasteiger partial charge in [0.25, 0.3) is 5.56 Å². The molecule has 0 radical (unpaired) electrons. The Hall–Kier alpha value is -1.93. The van der Waals surface area contributed by atoms with E-state index in [1.807, 2.05) is 6.07 Å². The van der Waals surface area contributed by atoms with Crippen LogP contribution in [0.1, 0.15) is 6.92 Å². The Morgan fingerprint density at radius 3 is 2.82 bits per heavy atom. The molecule has 118 valence electrons. The van der Waals surface area contributed by atoms with Crippen LogP contribution < -0.4 is 10.9 Å². The summed E-state index contributed by atoms with van der Waals surface area (Å²) in [5.41, 5.74) is 0.453. The van der Waals surface area contributed by atoms with Gasteiger partial charge in [0.15, 0.2) is 0 Å². The van der Waals surface area contributed by atoms with Gasteiger partial charge in [0.05, 0.1) is 16.7 Å². The third-order valence-electron chi connectivity index (χ3n) is 3.85. The molecule has 8 heteroatoms. The fraction of sp³-hybridized carbons (Fsp3) is 0.429. The lowest BCUT2D eigenvalue weighted by molar-refractivity contribution is 0.211. The Morgan fingerprint density at radius 2 is 2.09 bits per heavy atom. The van der Waals surface area contributed by atoms with Gasteiger partial charge in [-0.25, -0.2) is 17.7 Å². The Balaban J connectivity index is 1.63. The van der Waals surface area contributed by atoms with E-state index in [0.29, 0.717) is 36.5 Å². The monoisotopic (exact) mass is 322 g/mol. The van der Waals surface area contributed by atoms with Crippen molar-refractivity contribution >= 4 is 26.9 Å². The van der Waals surface area contributed by atoms with Crippen molar-refractivity contribution in [2.45, 2.75) is 6.92 Å². The molecule has 0 spiro atoms. The minimum absolute atomic E-state index is 0.132. The van der Waals surface area contributed by atoms with Crippen molar-refractivity contribution in [3.63, 3.8) is 0 Å². The number of anilines is 1. The second-order valence-corrected chi connectivity index (χ2v) is 7.65. The smallest absolute Gasteiger partial charge is 0.260 e. The summed E-state index contributed by atoms with van der Waals surface area (Å²) in [4.78, 5) is 19.0. The van der Waals surface area contributed by atoms with Gasteiger partial charge < -0.3 is 5.32 Å². The predicted molar refractivity (Wildman–Crippen MR) is 85.4 cm³/mol. The van der Waals surface area contributed by atoms with Crippen molar-refractivity contribution in [1.82, 2.24) is 14.3 Å². The average Bonchev–Trinajstić information content (AvgIpc) is 2.45. The van der Waals surface area contributed by atoms with E-state index >= 15 is 0 Å². The molecule has 1 saturated heterocycles. The van der Waals surface area contributed by atoms with E-state index in [1.165, 1.54) is 4.31 Å². The summed E-state index contributed by atoms with van der Waals surface area (Å²) >= 11 is 0. The Bertz CT molecular complexity index is 841. The number of aromatic amines is 1. The molecule has 0 bridgehead atoms. The van der Waals surface area contributed by atoms with Crippen LogP contribution in [-0.4, -0.2) is 48.1 Å². The van der Waals surface area contributed by atoms with E-state index < -0.39 is 10.0 Å². The molecule has 3 rings (SSSR count). The number of fused-ring (bicyclic) bond motifs is 1. The third kappa shape index (κ3) is 2.84. The number of para-hydroxylation sites is 1. The standard InChI is InChI=1S/C14H18N4O3S/c1-2-22(20,21)18-8-10(9-18)7-15-14-16-12-6-4-3-5-11(12)13(19)17-14/h3-6,10H,2,7-9H2,1H3,(H2,15,16,17,19). The van der Waals surface area contributed by atoms with Gasteiger partial charge in [-0.3, -0.25) is 9.78 Å². The Morgan fingerprint density at radius 1 is 1.36 bits per heavy atom. The Labute approximate surface area is 128 Å². The zero-order valence-corrected chi connectivity index (χ0v) is 13.1. The van der Waals surface area contributed by atoms with E-state index in [-0.39, 0.29) is 17.2 Å². The van der Waals surface area contributed by atoms with Crippen LogP contribution in [0.4, 0.5) is 5.95 Å². The maximum atomic E-state index is 11.9. The molecule has 1 aromatic carbocycles. The molecule has 0 aliphatic carbocycles. The zero-order valence-electron chi connectivity index (χ0n) is 12.2. The predicted octanol–water partition coefficient (Wildman–Crippen LogP) is 0.616. The summed E-state index contributed by atoms with van der Waals surface area (Å²) in [5.74, 6) is 0.783. The van der Waals surface area contributed by atoms with Crippen LogP contribution in [-0.2, 0) is 10.0 Å². The molecule has 22 heavy (non-hydrogen) atoms. The van der Waals surface area contributed by atoms with Gasteiger partial charge in [0.1, 0.15) is 0 Å². The van der Waals surface area contributed by atoms with Crippen molar-refractivity contribution in [1.29, 1.82) is 0 Å². The molecule has 1 aromatic heterocycles. The number of sulfonamides is 1. The summed E-state index contributed by atoms with van der Waals surface area (Å²) in [7, 11) is -3.08. The second-order valence-electron chi connectivity index (χ2n) is 5.40. The number of rotatable bonds is 5. The van der Waals surface area contributed by atoms with Crippen LogP contribution in [0.15, 0.2) is 29.1 Å². The van der Waals surface area contributed by atoms with Gasteiger partial charge in [0.2, 0.25) is 16.0 Å². The highest BCUT2D eigenvalue weighted by Crippen LogP contribution is 2.20. The number of hydrogen-bond acceptors (Lipinski definition) is 5.